The Hall–Kier alpha value is -5.51. The van der Waals surface area contributed by atoms with Crippen LogP contribution in [0, 0.1) is 0 Å². The molecule has 1 N–H and O–H groups in total. The van der Waals surface area contributed by atoms with Gasteiger partial charge in [0.2, 0.25) is 5.78 Å². The summed E-state index contributed by atoms with van der Waals surface area (Å²) in [5.74, 6) is -0.398. The van der Waals surface area contributed by atoms with E-state index in [2.05, 4.69) is 4.98 Å². The lowest BCUT2D eigenvalue weighted by molar-refractivity contribution is -0.129. The largest absolute Gasteiger partial charge is 0.503 e. The maximum Gasteiger partial charge on any atom is 0.290 e. The minimum Gasteiger partial charge on any atom is -0.503 e. The Kier molecular flexibility index (Phi) is 8.54. The molecule has 0 bridgehead atoms. The van der Waals surface area contributed by atoms with Crippen molar-refractivity contribution in [3.63, 3.8) is 0 Å². The van der Waals surface area contributed by atoms with Crippen LogP contribution in [0.3, 0.4) is 0 Å². The average Bonchev–Trinajstić information content (AvgIpc) is 3.80. The number of imidazole rings is 1. The van der Waals surface area contributed by atoms with Crippen molar-refractivity contribution in [1.29, 1.82) is 0 Å². The number of hydrogen-bond acceptors (Lipinski definition) is 8. The third kappa shape index (κ3) is 5.99. The van der Waals surface area contributed by atoms with Crippen LogP contribution in [-0.2, 0) is 17.9 Å². The standard InChI is InChI=1S/C35H33N3O7/c1-3-43-28-19-24(13-14-26(28)44-21-23-9-5-4-6-10-23)31-30(32(39)29-20-25-11-7-12-27(42-2)34(25)45-29)33(40)35(41)38(31)17-8-16-37-18-15-36-22-37/h4-7,9-15,18-20,22,31,40H,3,8,16-17,21H2,1-2H3. The molecule has 3 heterocycles. The molecule has 1 amide bonds. The number of ether oxygens (including phenoxy) is 3. The van der Waals surface area contributed by atoms with Gasteiger partial charge in [0.25, 0.3) is 5.91 Å². The summed E-state index contributed by atoms with van der Waals surface area (Å²) in [7, 11) is 1.52. The van der Waals surface area contributed by atoms with Crippen LogP contribution >= 0.6 is 0 Å². The van der Waals surface area contributed by atoms with Crippen molar-refractivity contribution in [2.75, 3.05) is 20.3 Å². The number of rotatable bonds is 13. The number of benzene rings is 3. The molecular formula is C35H33N3O7. The van der Waals surface area contributed by atoms with E-state index in [-0.39, 0.29) is 17.9 Å². The van der Waals surface area contributed by atoms with Gasteiger partial charge in [-0.2, -0.15) is 0 Å². The van der Waals surface area contributed by atoms with Crippen molar-refractivity contribution >= 4 is 22.7 Å². The van der Waals surface area contributed by atoms with E-state index < -0.39 is 23.5 Å². The predicted molar refractivity (Wildman–Crippen MR) is 166 cm³/mol. The van der Waals surface area contributed by atoms with E-state index in [1.165, 1.54) is 12.0 Å². The quantitative estimate of drug-likeness (QED) is 0.155. The van der Waals surface area contributed by atoms with Gasteiger partial charge in [-0.05, 0) is 48.7 Å². The molecule has 1 aliphatic heterocycles. The highest BCUT2D eigenvalue weighted by Crippen LogP contribution is 2.43. The molecular weight excluding hydrogens is 574 g/mol. The number of para-hydroxylation sites is 1. The number of carbonyl (C=O) groups excluding carboxylic acids is 2. The number of aromatic nitrogens is 2. The van der Waals surface area contributed by atoms with Gasteiger partial charge in [0.1, 0.15) is 6.61 Å². The van der Waals surface area contributed by atoms with Crippen LogP contribution in [0.1, 0.15) is 41.1 Å². The Morgan fingerprint density at radius 3 is 2.58 bits per heavy atom. The first-order valence-electron chi connectivity index (χ1n) is 14.7. The molecule has 230 valence electrons. The summed E-state index contributed by atoms with van der Waals surface area (Å²) in [6.07, 6.45) is 5.79. The van der Waals surface area contributed by atoms with E-state index in [0.29, 0.717) is 60.0 Å². The highest BCUT2D eigenvalue weighted by atomic mass is 16.5. The summed E-state index contributed by atoms with van der Waals surface area (Å²) < 4.78 is 25.3. The van der Waals surface area contributed by atoms with Crippen LogP contribution in [0.2, 0.25) is 0 Å². The van der Waals surface area contributed by atoms with Crippen molar-refractivity contribution < 1.29 is 33.3 Å². The zero-order chi connectivity index (χ0) is 31.3. The summed E-state index contributed by atoms with van der Waals surface area (Å²) >= 11 is 0. The van der Waals surface area contributed by atoms with Crippen LogP contribution in [0.5, 0.6) is 17.2 Å². The number of nitrogens with zero attached hydrogens (tertiary/aromatic N) is 3. The fourth-order valence-electron chi connectivity index (χ4n) is 5.56. The molecule has 0 radical (unpaired) electrons. The van der Waals surface area contributed by atoms with Crippen LogP contribution in [0.15, 0.2) is 107 Å². The maximum atomic E-state index is 14.1. The van der Waals surface area contributed by atoms with E-state index in [1.807, 2.05) is 48.0 Å². The van der Waals surface area contributed by atoms with E-state index in [4.69, 9.17) is 18.6 Å². The summed E-state index contributed by atoms with van der Waals surface area (Å²) in [4.78, 5) is 33.3. The first-order valence-corrected chi connectivity index (χ1v) is 14.7. The van der Waals surface area contributed by atoms with Crippen molar-refractivity contribution in [2.45, 2.75) is 32.5 Å². The number of fused-ring (bicyclic) bond motifs is 1. The molecule has 10 nitrogen and oxygen atoms in total. The number of ketones is 1. The van der Waals surface area contributed by atoms with Gasteiger partial charge in [-0.3, -0.25) is 9.59 Å². The van der Waals surface area contributed by atoms with E-state index in [0.717, 1.165) is 5.56 Å². The van der Waals surface area contributed by atoms with Gasteiger partial charge in [0.15, 0.2) is 34.4 Å². The van der Waals surface area contributed by atoms with Crippen LogP contribution in [0.25, 0.3) is 11.0 Å². The number of aryl methyl sites for hydroxylation is 1. The highest BCUT2D eigenvalue weighted by molar-refractivity contribution is 6.16. The molecule has 45 heavy (non-hydrogen) atoms. The Bertz CT molecular complexity index is 1840. The summed E-state index contributed by atoms with van der Waals surface area (Å²) in [6.45, 7) is 3.44. The van der Waals surface area contributed by atoms with Gasteiger partial charge in [-0.15, -0.1) is 0 Å². The van der Waals surface area contributed by atoms with Gasteiger partial charge >= 0.3 is 0 Å². The number of methoxy groups -OCH3 is 1. The molecule has 1 atom stereocenters. The molecule has 10 heteroatoms. The topological polar surface area (TPSA) is 116 Å². The van der Waals surface area contributed by atoms with Crippen LogP contribution < -0.4 is 14.2 Å². The molecule has 0 saturated carbocycles. The number of aliphatic hydroxyl groups is 1. The summed E-state index contributed by atoms with van der Waals surface area (Å²) in [5, 5.41) is 11.9. The van der Waals surface area contributed by atoms with E-state index >= 15 is 0 Å². The van der Waals surface area contributed by atoms with Gasteiger partial charge in [-0.25, -0.2) is 4.98 Å². The summed E-state index contributed by atoms with van der Waals surface area (Å²) in [5.41, 5.74) is 1.92. The zero-order valence-corrected chi connectivity index (χ0v) is 25.0. The summed E-state index contributed by atoms with van der Waals surface area (Å²) in [6, 6.07) is 21.1. The minimum atomic E-state index is -0.898. The van der Waals surface area contributed by atoms with Crippen molar-refractivity contribution in [3.05, 3.63) is 120 Å². The fraction of sp³-hybridized carbons (Fsp3) is 0.229. The number of amides is 1. The Morgan fingerprint density at radius 2 is 1.82 bits per heavy atom. The van der Waals surface area contributed by atoms with Crippen molar-refractivity contribution in [1.82, 2.24) is 14.5 Å². The number of hydrogen-bond donors (Lipinski definition) is 1. The fourth-order valence-corrected chi connectivity index (χ4v) is 5.56. The van der Waals surface area contributed by atoms with Crippen molar-refractivity contribution in [3.8, 4) is 17.2 Å². The van der Waals surface area contributed by atoms with Gasteiger partial charge in [0, 0.05) is 30.9 Å². The molecule has 6 rings (SSSR count). The second kappa shape index (κ2) is 13.0. The predicted octanol–water partition coefficient (Wildman–Crippen LogP) is 6.28. The monoisotopic (exact) mass is 607 g/mol. The third-order valence-electron chi connectivity index (χ3n) is 7.70. The van der Waals surface area contributed by atoms with E-state index in [1.54, 1.807) is 55.0 Å². The molecule has 0 saturated heterocycles. The first kappa shape index (κ1) is 29.6. The second-order valence-corrected chi connectivity index (χ2v) is 10.5. The molecule has 0 fully saturated rings. The molecule has 2 aromatic heterocycles. The Morgan fingerprint density at radius 1 is 0.978 bits per heavy atom. The number of Topliss-reactive ketones (excluding diaryl/α,β-unsaturated/α-hetero) is 1. The van der Waals surface area contributed by atoms with Gasteiger partial charge in [0.05, 0.1) is 31.7 Å². The Labute approximate surface area is 260 Å². The number of furan rings is 1. The molecule has 3 aromatic carbocycles. The molecule has 5 aromatic rings. The third-order valence-corrected chi connectivity index (χ3v) is 7.70. The molecule has 1 unspecified atom stereocenters. The molecule has 0 spiro atoms. The average molecular weight is 608 g/mol. The van der Waals surface area contributed by atoms with Gasteiger partial charge < -0.3 is 33.2 Å². The Balaban J connectivity index is 1.36. The SMILES string of the molecule is CCOc1cc(C2C(C(=O)c3cc4cccc(OC)c4o3)=C(O)C(=O)N2CCCn2ccnc2)ccc1OCc1ccccc1. The minimum absolute atomic E-state index is 0.0121. The first-order chi connectivity index (χ1) is 22.0. The molecule has 1 aliphatic rings. The lowest BCUT2D eigenvalue weighted by Crippen LogP contribution is -2.32. The highest BCUT2D eigenvalue weighted by Gasteiger charge is 2.44. The smallest absolute Gasteiger partial charge is 0.290 e. The maximum absolute atomic E-state index is 14.1. The molecule has 0 aliphatic carbocycles. The van der Waals surface area contributed by atoms with E-state index in [9.17, 15) is 14.7 Å². The zero-order valence-electron chi connectivity index (χ0n) is 25.0. The van der Waals surface area contributed by atoms with Gasteiger partial charge in [-0.1, -0.05) is 48.5 Å². The second-order valence-electron chi connectivity index (χ2n) is 10.5. The number of carbonyl (C=O) groups is 2. The van der Waals surface area contributed by atoms with Crippen LogP contribution in [-0.4, -0.2) is 51.5 Å². The van der Waals surface area contributed by atoms with Crippen LogP contribution in [0.4, 0.5) is 0 Å². The lowest BCUT2D eigenvalue weighted by Gasteiger charge is -2.27. The number of aliphatic hydroxyl groups excluding tert-OH is 1. The normalized spacial score (nSPS) is 14.8. The lowest BCUT2D eigenvalue weighted by atomic mass is 9.94. The van der Waals surface area contributed by atoms with Crippen molar-refractivity contribution in [2.24, 2.45) is 0 Å².